The summed E-state index contributed by atoms with van der Waals surface area (Å²) in [6.07, 6.45) is 8.63. The van der Waals surface area contributed by atoms with Gasteiger partial charge in [0.05, 0.1) is 40.8 Å². The second kappa shape index (κ2) is 22.6. The first-order valence-corrected chi connectivity index (χ1v) is 36.4. The number of fused-ring (bicyclic) bond motifs is 2. The quantitative estimate of drug-likeness (QED) is 0.0793. The summed E-state index contributed by atoms with van der Waals surface area (Å²) in [6.45, 7) is 9.56. The second-order valence-corrected chi connectivity index (χ2v) is 35.9. The number of ketones is 1. The molecular formula is C65H69FN2O12S5. The van der Waals surface area contributed by atoms with Gasteiger partial charge in [-0.05, 0) is 173 Å². The molecule has 2 heterocycles. The number of pyridine rings is 2. The van der Waals surface area contributed by atoms with Gasteiger partial charge < -0.3 is 5.11 Å². The van der Waals surface area contributed by atoms with Gasteiger partial charge in [0.15, 0.2) is 55.0 Å². The van der Waals surface area contributed by atoms with E-state index in [1.807, 2.05) is 54.6 Å². The molecule has 2 aromatic heterocycles. The zero-order valence-electron chi connectivity index (χ0n) is 48.7. The predicted octanol–water partition coefficient (Wildman–Crippen LogP) is 11.3. The molecule has 10 rings (SSSR count). The van der Waals surface area contributed by atoms with Crippen LogP contribution in [0.25, 0.3) is 44.1 Å². The van der Waals surface area contributed by atoms with Crippen LogP contribution in [0.2, 0.25) is 0 Å². The molecule has 0 aliphatic heterocycles. The van der Waals surface area contributed by atoms with Crippen molar-refractivity contribution in [1.29, 1.82) is 0 Å². The predicted molar refractivity (Wildman–Crippen MR) is 332 cm³/mol. The van der Waals surface area contributed by atoms with Crippen molar-refractivity contribution in [1.82, 2.24) is 9.97 Å². The Morgan fingerprint density at radius 1 is 0.541 bits per heavy atom. The minimum Gasteiger partial charge on any atom is -0.383 e. The molecule has 0 amide bonds. The molecule has 0 saturated heterocycles. The number of benzene rings is 6. The fraction of sp³-hybridized carbons (Fsp3) is 0.338. The molecule has 0 spiro atoms. The lowest BCUT2D eigenvalue weighted by Gasteiger charge is -2.27. The molecule has 2 unspecified atom stereocenters. The lowest BCUT2D eigenvalue weighted by atomic mass is 9.82. The van der Waals surface area contributed by atoms with Crippen LogP contribution in [0.1, 0.15) is 107 Å². The number of nitrogens with zero attached hydrogens (tertiary/aromatic N) is 2. The number of halogens is 1. The molecule has 14 nitrogen and oxygen atoms in total. The Balaban J connectivity index is 0.000000204. The lowest BCUT2D eigenvalue weighted by Crippen LogP contribution is -2.36. The number of rotatable bonds is 19. The van der Waals surface area contributed by atoms with Gasteiger partial charge in [0, 0.05) is 71.0 Å². The lowest BCUT2D eigenvalue weighted by molar-refractivity contribution is -0.135. The highest BCUT2D eigenvalue weighted by Gasteiger charge is 2.54. The number of aromatic nitrogens is 2. The minimum atomic E-state index is -4.28. The maximum Gasteiger partial charge on any atom is 0.239 e. The van der Waals surface area contributed by atoms with Crippen molar-refractivity contribution in [2.75, 3.05) is 18.8 Å². The monoisotopic (exact) mass is 1250 g/mol. The molecule has 448 valence electrons. The molecule has 0 bridgehead atoms. The molecule has 2 fully saturated rings. The summed E-state index contributed by atoms with van der Waals surface area (Å²) in [7, 11) is -18.1. The van der Waals surface area contributed by atoms with E-state index in [-0.39, 0.29) is 32.8 Å². The number of hydrogen-bond donors (Lipinski definition) is 1. The van der Waals surface area contributed by atoms with Crippen molar-refractivity contribution in [3.05, 3.63) is 191 Å². The van der Waals surface area contributed by atoms with Crippen LogP contribution < -0.4 is 0 Å². The van der Waals surface area contributed by atoms with Crippen LogP contribution in [0, 0.1) is 0 Å². The van der Waals surface area contributed by atoms with Crippen molar-refractivity contribution >= 4 is 76.8 Å². The Morgan fingerprint density at radius 2 is 0.988 bits per heavy atom. The summed E-state index contributed by atoms with van der Waals surface area (Å²) in [4.78, 5) is 22.8. The number of sulfone groups is 5. The van der Waals surface area contributed by atoms with E-state index in [0.717, 1.165) is 39.2 Å². The maximum absolute atomic E-state index is 17.0. The van der Waals surface area contributed by atoms with Gasteiger partial charge in [-0.15, -0.1) is 0 Å². The Kier molecular flexibility index (Phi) is 16.8. The first-order chi connectivity index (χ1) is 39.4. The Labute approximate surface area is 498 Å². The third kappa shape index (κ3) is 12.8. The smallest absolute Gasteiger partial charge is 0.239 e. The normalized spacial score (nSPS) is 15.8. The van der Waals surface area contributed by atoms with Gasteiger partial charge in [0.25, 0.3) is 0 Å². The number of Topliss-reactive ketones (excluding diaryl/α,β-unsaturated/α-hetero) is 1. The van der Waals surface area contributed by atoms with Gasteiger partial charge in [-0.2, -0.15) is 0 Å². The Morgan fingerprint density at radius 3 is 1.42 bits per heavy atom. The van der Waals surface area contributed by atoms with Crippen LogP contribution in [-0.2, 0) is 81.3 Å². The highest BCUT2D eigenvalue weighted by atomic mass is 32.2. The largest absolute Gasteiger partial charge is 0.383 e. The van der Waals surface area contributed by atoms with E-state index >= 15 is 4.39 Å². The summed E-state index contributed by atoms with van der Waals surface area (Å²) in [5, 5.41) is 8.30. The van der Waals surface area contributed by atoms with E-state index in [0.29, 0.717) is 64.6 Å². The molecule has 1 N–H and O–H groups in total. The number of aliphatic hydroxyl groups is 1. The molecule has 20 heteroatoms. The molecular weight excluding hydrogens is 1180 g/mol. The average molecular weight is 1250 g/mol. The molecule has 2 aliphatic carbocycles. The summed E-state index contributed by atoms with van der Waals surface area (Å²) < 4.78 is 142. The average Bonchev–Trinajstić information content (AvgIpc) is 1.91. The van der Waals surface area contributed by atoms with Crippen LogP contribution in [0.15, 0.2) is 168 Å². The molecule has 85 heavy (non-hydrogen) atoms. The minimum absolute atomic E-state index is 0.0318. The van der Waals surface area contributed by atoms with Crippen molar-refractivity contribution in [2.45, 2.75) is 126 Å². The first-order valence-electron chi connectivity index (χ1n) is 27.6. The molecule has 6 aromatic carbocycles. The number of hydrogen-bond acceptors (Lipinski definition) is 14. The van der Waals surface area contributed by atoms with Crippen molar-refractivity contribution in [3.63, 3.8) is 0 Å². The molecule has 2 aliphatic rings. The van der Waals surface area contributed by atoms with Gasteiger partial charge in [0.2, 0.25) is 5.00 Å². The molecule has 0 radical (unpaired) electrons. The standard InChI is InChI=1S/C34H37NO6S2.C31H32FNO6S3/c1-33(2,37)32(36)30(23-11-13-27(14-12-23)43(40,41)28-15-16-28)19-22-8-6-9-24(18-22)29-21-26(34(3,4)42(5,38)39)20-25-10-7-17-35-31(25)29;1-30(2,41(4,36)37)25-18-23-9-6-16-33-29(23)28(19-25)22-8-5-7-21(17-22)20-31(32,42(38,39)27-14-15-27)24-10-12-26(13-11-24)40(3,34)35/h6-14,17-18,20-21,28,30,37H,15-16,19H2,1-5H3;5-13,16-19,27H,14-15,20H2,1-4H3. The first kappa shape index (κ1) is 63.0. The van der Waals surface area contributed by atoms with Gasteiger partial charge in [0.1, 0.15) is 5.60 Å². The fourth-order valence-electron chi connectivity index (χ4n) is 10.4. The molecule has 2 atom stereocenters. The van der Waals surface area contributed by atoms with Crippen molar-refractivity contribution < 1.29 is 56.4 Å². The highest BCUT2D eigenvalue weighted by molar-refractivity contribution is 7.93. The van der Waals surface area contributed by atoms with Crippen LogP contribution in [0.5, 0.6) is 0 Å². The van der Waals surface area contributed by atoms with E-state index < -0.39 is 86.9 Å². The van der Waals surface area contributed by atoms with Gasteiger partial charge in [-0.25, -0.2) is 46.5 Å². The Hall–Kier alpha value is -6.55. The van der Waals surface area contributed by atoms with E-state index in [1.54, 1.807) is 107 Å². The van der Waals surface area contributed by atoms with Gasteiger partial charge in [-0.1, -0.05) is 84.9 Å². The zero-order valence-corrected chi connectivity index (χ0v) is 52.8. The third-order valence-corrected chi connectivity index (χ3v) is 26.8. The zero-order chi connectivity index (χ0) is 62.1. The number of alkyl halides is 1. The SMILES string of the molecule is CC(C)(O)C(=O)C(Cc1cccc(-c2cc(C(C)(C)S(C)(=O)=O)cc3cccnc23)c1)c1ccc(S(=O)(=O)C2CC2)cc1.CC(C)(c1cc(-c2cccc(CC(F)(c3ccc(S(C)(=O)=O)cc3)S(=O)(=O)C3CC3)c2)c2ncccc2c1)S(C)(=O)=O. The summed E-state index contributed by atoms with van der Waals surface area (Å²) >= 11 is 0. The topological polar surface area (TPSA) is 234 Å². The van der Waals surface area contributed by atoms with E-state index in [2.05, 4.69) is 9.97 Å². The Bertz CT molecular complexity index is 4520. The van der Waals surface area contributed by atoms with E-state index in [1.165, 1.54) is 50.6 Å². The summed E-state index contributed by atoms with van der Waals surface area (Å²) in [5.74, 6) is -1.10. The number of carbonyl (C=O) groups is 1. The maximum atomic E-state index is 17.0. The van der Waals surface area contributed by atoms with Gasteiger partial charge in [-0.3, -0.25) is 14.8 Å². The number of carbonyl (C=O) groups excluding carboxylic acids is 1. The molecule has 8 aromatic rings. The summed E-state index contributed by atoms with van der Waals surface area (Å²) in [6, 6.07) is 40.5. The van der Waals surface area contributed by atoms with Gasteiger partial charge >= 0.3 is 0 Å². The molecule has 2 saturated carbocycles. The van der Waals surface area contributed by atoms with Crippen molar-refractivity contribution in [2.24, 2.45) is 0 Å². The van der Waals surface area contributed by atoms with Crippen LogP contribution in [0.3, 0.4) is 0 Å². The second-order valence-electron chi connectivity index (χ2n) is 24.1. The summed E-state index contributed by atoms with van der Waals surface area (Å²) in [5.41, 5.74) is 5.52. The van der Waals surface area contributed by atoms with Crippen LogP contribution in [-0.4, -0.2) is 97.8 Å². The van der Waals surface area contributed by atoms with Crippen molar-refractivity contribution in [3.8, 4) is 22.3 Å². The van der Waals surface area contributed by atoms with Crippen LogP contribution >= 0.6 is 0 Å². The highest BCUT2D eigenvalue weighted by Crippen LogP contribution is 2.46. The van der Waals surface area contributed by atoms with E-state index in [4.69, 9.17) is 0 Å². The van der Waals surface area contributed by atoms with Crippen LogP contribution in [0.4, 0.5) is 4.39 Å². The van der Waals surface area contributed by atoms with E-state index in [9.17, 15) is 52.0 Å². The fourth-order valence-corrected chi connectivity index (χ4v) is 15.9. The third-order valence-electron chi connectivity index (χ3n) is 16.6.